The Morgan fingerprint density at radius 2 is 2.22 bits per heavy atom. The third-order valence-electron chi connectivity index (χ3n) is 2.37. The van der Waals surface area contributed by atoms with E-state index >= 15 is 0 Å². The lowest BCUT2D eigenvalue weighted by molar-refractivity contribution is -0.139. The van der Waals surface area contributed by atoms with Crippen molar-refractivity contribution < 1.29 is 14.7 Å². The van der Waals surface area contributed by atoms with Crippen LogP contribution in [0, 0.1) is 0 Å². The van der Waals surface area contributed by atoms with E-state index in [9.17, 15) is 9.59 Å². The van der Waals surface area contributed by atoms with Crippen LogP contribution >= 0.6 is 11.6 Å². The number of aliphatic carboxylic acids is 1. The molecule has 1 amide bonds. The zero-order chi connectivity index (χ0) is 13.5. The van der Waals surface area contributed by atoms with Gasteiger partial charge in [-0.3, -0.25) is 9.59 Å². The number of carbonyl (C=O) groups is 2. The molecule has 2 N–H and O–H groups in total. The average molecular weight is 268 g/mol. The summed E-state index contributed by atoms with van der Waals surface area (Å²) in [5, 5.41) is 11.9. The molecule has 1 unspecified atom stereocenters. The van der Waals surface area contributed by atoms with Crippen LogP contribution in [0.4, 0.5) is 0 Å². The molecule has 1 aromatic carbocycles. The number of rotatable bonds is 6. The number of hydrogen-bond donors (Lipinski definition) is 2. The van der Waals surface area contributed by atoms with Crippen molar-refractivity contribution in [1.29, 1.82) is 0 Å². The number of nitrogens with one attached hydrogen (secondary N) is 1. The first-order valence-corrected chi connectivity index (χ1v) is 5.78. The van der Waals surface area contributed by atoms with Crippen molar-refractivity contribution in [2.75, 3.05) is 6.54 Å². The highest BCUT2D eigenvalue weighted by Gasteiger charge is 2.23. The summed E-state index contributed by atoms with van der Waals surface area (Å²) in [5.74, 6) is -2.13. The van der Waals surface area contributed by atoms with Crippen LogP contribution in [0.1, 0.15) is 17.9 Å². The van der Waals surface area contributed by atoms with E-state index in [0.717, 1.165) is 0 Å². The van der Waals surface area contributed by atoms with E-state index in [1.54, 1.807) is 24.3 Å². The second-order valence-electron chi connectivity index (χ2n) is 3.74. The first-order chi connectivity index (χ1) is 8.54. The zero-order valence-corrected chi connectivity index (χ0v) is 10.5. The van der Waals surface area contributed by atoms with Gasteiger partial charge in [0, 0.05) is 11.6 Å². The number of benzene rings is 1. The van der Waals surface area contributed by atoms with Crippen molar-refractivity contribution in [3.63, 3.8) is 0 Å². The molecule has 0 bridgehead atoms. The molecule has 96 valence electrons. The Hall–Kier alpha value is -1.81. The summed E-state index contributed by atoms with van der Waals surface area (Å²) >= 11 is 5.84. The predicted octanol–water partition coefficient (Wildman–Crippen LogP) is 2.20. The Kier molecular flexibility index (Phi) is 5.39. The fourth-order valence-corrected chi connectivity index (χ4v) is 1.75. The molecule has 4 nitrogen and oxygen atoms in total. The van der Waals surface area contributed by atoms with Crippen molar-refractivity contribution >= 4 is 23.5 Å². The maximum atomic E-state index is 11.9. The van der Waals surface area contributed by atoms with Gasteiger partial charge in [-0.15, -0.1) is 6.58 Å². The van der Waals surface area contributed by atoms with Gasteiger partial charge in [0.15, 0.2) is 0 Å². The fraction of sp³-hybridized carbons (Fsp3) is 0.231. The quantitative estimate of drug-likeness (QED) is 0.777. The SMILES string of the molecule is C=CCNC(=O)C(CC(=O)O)c1cccc(Cl)c1. The van der Waals surface area contributed by atoms with Crippen LogP contribution in [0.25, 0.3) is 0 Å². The number of halogens is 1. The first kappa shape index (κ1) is 14.3. The Labute approximate surface area is 110 Å². The summed E-state index contributed by atoms with van der Waals surface area (Å²) in [6.07, 6.45) is 1.26. The van der Waals surface area contributed by atoms with Crippen molar-refractivity contribution in [1.82, 2.24) is 5.32 Å². The lowest BCUT2D eigenvalue weighted by Crippen LogP contribution is -2.30. The minimum Gasteiger partial charge on any atom is -0.481 e. The summed E-state index contributed by atoms with van der Waals surface area (Å²) in [6.45, 7) is 3.79. The van der Waals surface area contributed by atoms with Gasteiger partial charge in [0.25, 0.3) is 0 Å². The van der Waals surface area contributed by atoms with Crippen LogP contribution in [0.5, 0.6) is 0 Å². The predicted molar refractivity (Wildman–Crippen MR) is 69.7 cm³/mol. The average Bonchev–Trinajstić information content (AvgIpc) is 2.32. The van der Waals surface area contributed by atoms with Crippen LogP contribution in [-0.2, 0) is 9.59 Å². The Morgan fingerprint density at radius 1 is 1.50 bits per heavy atom. The molecule has 0 aliphatic carbocycles. The van der Waals surface area contributed by atoms with E-state index in [-0.39, 0.29) is 12.3 Å². The molecule has 0 saturated heterocycles. The minimum atomic E-state index is -1.03. The second kappa shape index (κ2) is 6.81. The molecule has 0 heterocycles. The highest BCUT2D eigenvalue weighted by molar-refractivity contribution is 6.30. The summed E-state index contributed by atoms with van der Waals surface area (Å²) in [6, 6.07) is 6.65. The number of amides is 1. The fourth-order valence-electron chi connectivity index (χ4n) is 1.56. The van der Waals surface area contributed by atoms with Gasteiger partial charge in [-0.25, -0.2) is 0 Å². The molecule has 1 rings (SSSR count). The number of carboxylic acid groups (broad SMARTS) is 1. The normalized spacial score (nSPS) is 11.6. The molecule has 0 aromatic heterocycles. The van der Waals surface area contributed by atoms with Gasteiger partial charge < -0.3 is 10.4 Å². The standard InChI is InChI=1S/C13H14ClNO3/c1-2-6-15-13(18)11(8-12(16)17)9-4-3-5-10(14)7-9/h2-5,7,11H,1,6,8H2,(H,15,18)(H,16,17). The lowest BCUT2D eigenvalue weighted by Gasteiger charge is -2.15. The maximum absolute atomic E-state index is 11.9. The topological polar surface area (TPSA) is 66.4 Å². The maximum Gasteiger partial charge on any atom is 0.304 e. The molecule has 0 spiro atoms. The molecular weight excluding hydrogens is 254 g/mol. The Bertz CT molecular complexity index is 459. The van der Waals surface area contributed by atoms with Crippen LogP contribution in [0.15, 0.2) is 36.9 Å². The van der Waals surface area contributed by atoms with E-state index in [2.05, 4.69) is 11.9 Å². The number of carboxylic acids is 1. The largest absolute Gasteiger partial charge is 0.481 e. The lowest BCUT2D eigenvalue weighted by atomic mass is 9.95. The molecule has 1 aromatic rings. The van der Waals surface area contributed by atoms with E-state index < -0.39 is 11.9 Å². The summed E-state index contributed by atoms with van der Waals surface area (Å²) in [7, 11) is 0. The molecular formula is C13H14ClNO3. The highest BCUT2D eigenvalue weighted by atomic mass is 35.5. The van der Waals surface area contributed by atoms with Gasteiger partial charge in [0.2, 0.25) is 5.91 Å². The van der Waals surface area contributed by atoms with E-state index in [1.807, 2.05) is 0 Å². The monoisotopic (exact) mass is 267 g/mol. The number of carbonyl (C=O) groups excluding carboxylic acids is 1. The van der Waals surface area contributed by atoms with Crippen LogP contribution < -0.4 is 5.32 Å². The van der Waals surface area contributed by atoms with Crippen LogP contribution in [0.3, 0.4) is 0 Å². The van der Waals surface area contributed by atoms with Gasteiger partial charge in [-0.1, -0.05) is 29.8 Å². The van der Waals surface area contributed by atoms with Gasteiger partial charge >= 0.3 is 5.97 Å². The molecule has 0 radical (unpaired) electrons. The van der Waals surface area contributed by atoms with Crippen LogP contribution in [0.2, 0.25) is 5.02 Å². The summed E-state index contributed by atoms with van der Waals surface area (Å²) in [4.78, 5) is 22.7. The zero-order valence-electron chi connectivity index (χ0n) is 9.73. The van der Waals surface area contributed by atoms with Crippen LogP contribution in [-0.4, -0.2) is 23.5 Å². The third kappa shape index (κ3) is 4.22. The Morgan fingerprint density at radius 3 is 2.78 bits per heavy atom. The van der Waals surface area contributed by atoms with E-state index in [0.29, 0.717) is 17.1 Å². The molecule has 1 atom stereocenters. The van der Waals surface area contributed by atoms with E-state index in [1.165, 1.54) is 6.08 Å². The first-order valence-electron chi connectivity index (χ1n) is 5.40. The minimum absolute atomic E-state index is 0.274. The summed E-state index contributed by atoms with van der Waals surface area (Å²) < 4.78 is 0. The summed E-state index contributed by atoms with van der Waals surface area (Å²) in [5.41, 5.74) is 0.589. The van der Waals surface area contributed by atoms with Crippen molar-refractivity contribution in [2.24, 2.45) is 0 Å². The smallest absolute Gasteiger partial charge is 0.304 e. The third-order valence-corrected chi connectivity index (χ3v) is 2.60. The highest BCUT2D eigenvalue weighted by Crippen LogP contribution is 2.23. The Balaban J connectivity index is 2.93. The number of hydrogen-bond acceptors (Lipinski definition) is 2. The van der Waals surface area contributed by atoms with Gasteiger partial charge in [-0.2, -0.15) is 0 Å². The second-order valence-corrected chi connectivity index (χ2v) is 4.18. The van der Waals surface area contributed by atoms with Gasteiger partial charge in [0.1, 0.15) is 0 Å². The molecule has 18 heavy (non-hydrogen) atoms. The van der Waals surface area contributed by atoms with E-state index in [4.69, 9.17) is 16.7 Å². The van der Waals surface area contributed by atoms with Gasteiger partial charge in [-0.05, 0) is 17.7 Å². The van der Waals surface area contributed by atoms with Crippen molar-refractivity contribution in [3.05, 3.63) is 47.5 Å². The van der Waals surface area contributed by atoms with Crippen molar-refractivity contribution in [3.8, 4) is 0 Å². The molecule has 0 fully saturated rings. The van der Waals surface area contributed by atoms with Crippen molar-refractivity contribution in [2.45, 2.75) is 12.3 Å². The molecule has 0 aliphatic rings. The molecule has 5 heteroatoms. The van der Waals surface area contributed by atoms with Gasteiger partial charge in [0.05, 0.1) is 12.3 Å². The molecule has 0 aliphatic heterocycles. The molecule has 0 saturated carbocycles.